The van der Waals surface area contributed by atoms with Crippen molar-refractivity contribution in [3.8, 4) is 11.4 Å². The molecule has 2 aromatic rings. The highest BCUT2D eigenvalue weighted by atomic mass is 19.4. The van der Waals surface area contributed by atoms with Gasteiger partial charge in [0.25, 0.3) is 0 Å². The zero-order chi connectivity index (χ0) is 16.5. The molecular weight excluding hydrogens is 305 g/mol. The number of carbonyl (C=O) groups is 2. The molecule has 2 heterocycles. The van der Waals surface area contributed by atoms with Crippen molar-refractivity contribution in [1.29, 1.82) is 0 Å². The Morgan fingerprint density at radius 3 is 2.05 bits per heavy atom. The summed E-state index contributed by atoms with van der Waals surface area (Å²) in [6.07, 6.45) is -4.77. The average molecular weight is 312 g/mol. The summed E-state index contributed by atoms with van der Waals surface area (Å²) in [6, 6.07) is 4.67. The van der Waals surface area contributed by atoms with E-state index in [1.54, 1.807) is 0 Å². The molecule has 0 fully saturated rings. The lowest BCUT2D eigenvalue weighted by molar-refractivity contribution is -0.137. The van der Waals surface area contributed by atoms with Gasteiger partial charge in [0.05, 0.1) is 17.0 Å². The minimum Gasteiger partial charge on any atom is -0.477 e. The van der Waals surface area contributed by atoms with Gasteiger partial charge in [-0.1, -0.05) is 6.07 Å². The van der Waals surface area contributed by atoms with E-state index in [0.29, 0.717) is 12.1 Å². The molecule has 0 aromatic carbocycles. The van der Waals surface area contributed by atoms with E-state index in [2.05, 4.69) is 9.97 Å². The number of aromatic nitrogens is 2. The standard InChI is InChI=1S/C13H7F3N2O4/c14-13(15,16)6-4-9(18-10(5-6)12(21)22)7-2-1-3-8(17-7)11(19)20/h1-5H,(H,19,20)(H,21,22). The molecule has 0 aliphatic heterocycles. The molecule has 0 unspecified atom stereocenters. The molecule has 2 N–H and O–H groups in total. The SMILES string of the molecule is O=C(O)c1cccc(-c2cc(C(F)(F)F)cc(C(=O)O)n2)n1. The second-order valence-electron chi connectivity index (χ2n) is 4.14. The maximum absolute atomic E-state index is 12.8. The highest BCUT2D eigenvalue weighted by molar-refractivity contribution is 5.87. The predicted octanol–water partition coefficient (Wildman–Crippen LogP) is 2.56. The quantitative estimate of drug-likeness (QED) is 0.903. The van der Waals surface area contributed by atoms with E-state index >= 15 is 0 Å². The van der Waals surface area contributed by atoms with Crippen LogP contribution in [0.4, 0.5) is 13.2 Å². The molecule has 0 saturated heterocycles. The molecule has 0 radical (unpaired) electrons. The normalized spacial score (nSPS) is 11.2. The highest BCUT2D eigenvalue weighted by Gasteiger charge is 2.32. The minimum absolute atomic E-state index is 0.173. The Hall–Kier alpha value is -2.97. The summed E-state index contributed by atoms with van der Waals surface area (Å²) >= 11 is 0. The van der Waals surface area contributed by atoms with Crippen LogP contribution in [0.5, 0.6) is 0 Å². The predicted molar refractivity (Wildman–Crippen MR) is 66.4 cm³/mol. The second kappa shape index (κ2) is 5.43. The number of nitrogens with zero attached hydrogens (tertiary/aromatic N) is 2. The molecule has 2 rings (SSSR count). The lowest BCUT2D eigenvalue weighted by atomic mass is 10.1. The maximum atomic E-state index is 12.8. The van der Waals surface area contributed by atoms with E-state index in [0.717, 1.165) is 6.07 Å². The van der Waals surface area contributed by atoms with E-state index < -0.39 is 35.1 Å². The van der Waals surface area contributed by atoms with Gasteiger partial charge in [-0.3, -0.25) is 0 Å². The van der Waals surface area contributed by atoms with Gasteiger partial charge in [0, 0.05) is 0 Å². The summed E-state index contributed by atoms with van der Waals surface area (Å²) in [5.41, 5.74) is -2.97. The Morgan fingerprint density at radius 2 is 1.50 bits per heavy atom. The Balaban J connectivity index is 2.64. The molecule has 0 aliphatic rings. The smallest absolute Gasteiger partial charge is 0.416 e. The summed E-state index contributed by atoms with van der Waals surface area (Å²) in [5, 5.41) is 17.7. The van der Waals surface area contributed by atoms with Crippen LogP contribution in [0, 0.1) is 0 Å². The van der Waals surface area contributed by atoms with Gasteiger partial charge in [0.15, 0.2) is 0 Å². The minimum atomic E-state index is -4.77. The van der Waals surface area contributed by atoms with Gasteiger partial charge in [0.1, 0.15) is 11.4 Å². The van der Waals surface area contributed by atoms with Gasteiger partial charge in [-0.25, -0.2) is 19.6 Å². The fourth-order valence-electron chi connectivity index (χ4n) is 1.63. The molecule has 114 valence electrons. The largest absolute Gasteiger partial charge is 0.477 e. The van der Waals surface area contributed by atoms with Crippen LogP contribution in [0.25, 0.3) is 11.4 Å². The molecule has 0 amide bonds. The molecule has 2 aromatic heterocycles. The third-order valence-corrected chi connectivity index (χ3v) is 2.60. The molecule has 0 spiro atoms. The molecule has 0 atom stereocenters. The van der Waals surface area contributed by atoms with E-state index in [4.69, 9.17) is 10.2 Å². The fraction of sp³-hybridized carbons (Fsp3) is 0.0769. The number of hydrogen-bond acceptors (Lipinski definition) is 4. The molecule has 22 heavy (non-hydrogen) atoms. The first-order valence-corrected chi connectivity index (χ1v) is 5.72. The summed E-state index contributed by atoms with van der Waals surface area (Å²) in [7, 11) is 0. The van der Waals surface area contributed by atoms with Crippen molar-refractivity contribution in [2.75, 3.05) is 0 Å². The number of hydrogen-bond donors (Lipinski definition) is 2. The van der Waals surface area contributed by atoms with Crippen LogP contribution in [-0.4, -0.2) is 32.1 Å². The van der Waals surface area contributed by atoms with Gasteiger partial charge in [0.2, 0.25) is 0 Å². The van der Waals surface area contributed by atoms with Crippen LogP contribution < -0.4 is 0 Å². The Labute approximate surface area is 120 Å². The maximum Gasteiger partial charge on any atom is 0.416 e. The van der Waals surface area contributed by atoms with Crippen molar-refractivity contribution in [3.05, 3.63) is 47.3 Å². The van der Waals surface area contributed by atoms with Crippen molar-refractivity contribution in [3.63, 3.8) is 0 Å². The zero-order valence-corrected chi connectivity index (χ0v) is 10.6. The van der Waals surface area contributed by atoms with Crippen molar-refractivity contribution in [2.24, 2.45) is 0 Å². The van der Waals surface area contributed by atoms with Crippen LogP contribution in [0.2, 0.25) is 0 Å². The summed E-state index contributed by atoms with van der Waals surface area (Å²) in [6.45, 7) is 0. The van der Waals surface area contributed by atoms with Crippen LogP contribution in [0.3, 0.4) is 0 Å². The summed E-state index contributed by atoms with van der Waals surface area (Å²) in [5.74, 6) is -3.01. The average Bonchev–Trinajstić information content (AvgIpc) is 2.46. The Morgan fingerprint density at radius 1 is 0.909 bits per heavy atom. The summed E-state index contributed by atoms with van der Waals surface area (Å²) in [4.78, 5) is 28.9. The first-order valence-electron chi connectivity index (χ1n) is 5.72. The van der Waals surface area contributed by atoms with Crippen molar-refractivity contribution < 1.29 is 33.0 Å². The van der Waals surface area contributed by atoms with Crippen molar-refractivity contribution in [2.45, 2.75) is 6.18 Å². The van der Waals surface area contributed by atoms with Crippen molar-refractivity contribution >= 4 is 11.9 Å². The number of pyridine rings is 2. The molecule has 0 aliphatic carbocycles. The van der Waals surface area contributed by atoms with Gasteiger partial charge in [-0.15, -0.1) is 0 Å². The van der Waals surface area contributed by atoms with Crippen LogP contribution in [0.1, 0.15) is 26.5 Å². The highest BCUT2D eigenvalue weighted by Crippen LogP contribution is 2.31. The first kappa shape index (κ1) is 15.4. The number of aromatic carboxylic acids is 2. The number of carboxylic acids is 2. The number of carboxylic acid groups (broad SMARTS) is 2. The fourth-order valence-corrected chi connectivity index (χ4v) is 1.63. The molecular formula is C13H7F3N2O4. The first-order chi connectivity index (χ1) is 10.2. The topological polar surface area (TPSA) is 100 Å². The molecule has 6 nitrogen and oxygen atoms in total. The van der Waals surface area contributed by atoms with Crippen molar-refractivity contribution in [1.82, 2.24) is 9.97 Å². The zero-order valence-electron chi connectivity index (χ0n) is 10.6. The summed E-state index contributed by atoms with van der Waals surface area (Å²) < 4.78 is 38.4. The van der Waals surface area contributed by atoms with Gasteiger partial charge in [-0.2, -0.15) is 13.2 Å². The van der Waals surface area contributed by atoms with E-state index in [9.17, 15) is 22.8 Å². The van der Waals surface area contributed by atoms with Crippen LogP contribution >= 0.6 is 0 Å². The molecule has 9 heteroatoms. The number of halogens is 3. The van der Waals surface area contributed by atoms with E-state index in [1.165, 1.54) is 12.1 Å². The van der Waals surface area contributed by atoms with Gasteiger partial charge in [-0.05, 0) is 24.3 Å². The second-order valence-corrected chi connectivity index (χ2v) is 4.14. The third-order valence-electron chi connectivity index (χ3n) is 2.60. The van der Waals surface area contributed by atoms with Gasteiger partial charge >= 0.3 is 18.1 Å². The molecule has 0 bridgehead atoms. The van der Waals surface area contributed by atoms with Crippen LogP contribution in [-0.2, 0) is 6.18 Å². The van der Waals surface area contributed by atoms with Gasteiger partial charge < -0.3 is 10.2 Å². The monoisotopic (exact) mass is 312 g/mol. The Bertz CT molecular complexity index is 759. The third kappa shape index (κ3) is 3.19. The van der Waals surface area contributed by atoms with E-state index in [1.807, 2.05) is 0 Å². The lowest BCUT2D eigenvalue weighted by Gasteiger charge is -2.10. The molecule has 0 saturated carbocycles. The van der Waals surface area contributed by atoms with E-state index in [-0.39, 0.29) is 11.4 Å². The Kier molecular flexibility index (Phi) is 3.81. The number of alkyl halides is 3. The van der Waals surface area contributed by atoms with Crippen LogP contribution in [0.15, 0.2) is 30.3 Å². The lowest BCUT2D eigenvalue weighted by Crippen LogP contribution is -2.11. The number of rotatable bonds is 3.